The molecule has 0 radical (unpaired) electrons. The fraction of sp³-hybridized carbons (Fsp3) is 0.0227. The zero-order valence-corrected chi connectivity index (χ0v) is 26.4. The van der Waals surface area contributed by atoms with E-state index in [1.54, 1.807) is 0 Å². The van der Waals surface area contributed by atoms with Crippen molar-refractivity contribution in [3.8, 4) is 28.5 Å². The van der Waals surface area contributed by atoms with Crippen LogP contribution in [0, 0.1) is 0 Å². The lowest BCUT2D eigenvalue weighted by Crippen LogP contribution is -2.06. The predicted octanol–water partition coefficient (Wildman–Crippen LogP) is 10.9. The molecule has 0 aliphatic heterocycles. The van der Waals surface area contributed by atoms with E-state index in [-0.39, 0.29) is 0 Å². The molecule has 0 unspecified atom stereocenters. The van der Waals surface area contributed by atoms with Crippen LogP contribution in [0.3, 0.4) is 0 Å². The van der Waals surface area contributed by atoms with Gasteiger partial charge in [-0.3, -0.25) is 0 Å². The lowest BCUT2D eigenvalue weighted by atomic mass is 9.99. The zero-order chi connectivity index (χ0) is 32.3. The summed E-state index contributed by atoms with van der Waals surface area (Å²) in [4.78, 5) is 15.0. The van der Waals surface area contributed by atoms with E-state index >= 15 is 0 Å². The first-order valence-electron chi connectivity index (χ1n) is 16.5. The van der Waals surface area contributed by atoms with E-state index in [4.69, 9.17) is 19.4 Å². The van der Waals surface area contributed by atoms with Crippen LogP contribution < -0.4 is 0 Å². The zero-order valence-electron chi connectivity index (χ0n) is 26.4. The molecule has 5 heteroatoms. The van der Waals surface area contributed by atoms with Crippen molar-refractivity contribution in [2.24, 2.45) is 0 Å². The molecule has 0 amide bonds. The van der Waals surface area contributed by atoms with E-state index in [1.807, 2.05) is 66.7 Å². The van der Waals surface area contributed by atoms with Gasteiger partial charge in [0.05, 0.1) is 11.0 Å². The Kier molecular flexibility index (Phi) is 6.18. The number of furan rings is 1. The summed E-state index contributed by atoms with van der Waals surface area (Å²) >= 11 is 0. The Morgan fingerprint density at radius 3 is 1.73 bits per heavy atom. The first-order valence-corrected chi connectivity index (χ1v) is 16.5. The summed E-state index contributed by atoms with van der Waals surface area (Å²) in [6.45, 7) is 0. The second-order valence-electron chi connectivity index (χ2n) is 12.4. The van der Waals surface area contributed by atoms with Gasteiger partial charge >= 0.3 is 0 Å². The SMILES string of the molecule is c1ccc(-c2nc(Cc3ccccc3-n3c4ccccc4c4c5ccccc5c5c6ccccc6oc5c43)nc(-c3ccccc3)n2)cc1. The summed E-state index contributed by atoms with van der Waals surface area (Å²) in [6.07, 6.45) is 0.517. The number of rotatable bonds is 5. The van der Waals surface area contributed by atoms with Gasteiger partial charge in [0.15, 0.2) is 17.2 Å². The Morgan fingerprint density at radius 2 is 1.02 bits per heavy atom. The van der Waals surface area contributed by atoms with Crippen molar-refractivity contribution in [1.82, 2.24) is 19.5 Å². The molecule has 3 aromatic heterocycles. The molecule has 5 nitrogen and oxygen atoms in total. The topological polar surface area (TPSA) is 56.7 Å². The third kappa shape index (κ3) is 4.36. The summed E-state index contributed by atoms with van der Waals surface area (Å²) in [5.41, 5.74) is 8.03. The molecule has 0 N–H and O–H groups in total. The van der Waals surface area contributed by atoms with E-state index in [0.29, 0.717) is 23.9 Å². The molecule has 49 heavy (non-hydrogen) atoms. The molecule has 0 spiro atoms. The summed E-state index contributed by atoms with van der Waals surface area (Å²) in [5.74, 6) is 2.03. The molecule has 0 saturated carbocycles. The van der Waals surface area contributed by atoms with Crippen molar-refractivity contribution in [2.45, 2.75) is 6.42 Å². The number of benzene rings is 7. The van der Waals surface area contributed by atoms with Crippen LogP contribution in [0.1, 0.15) is 11.4 Å². The minimum Gasteiger partial charge on any atom is -0.454 e. The number of hydrogen-bond donors (Lipinski definition) is 0. The van der Waals surface area contributed by atoms with Crippen molar-refractivity contribution in [3.05, 3.63) is 169 Å². The first-order chi connectivity index (χ1) is 24.3. The van der Waals surface area contributed by atoms with E-state index in [1.165, 1.54) is 21.5 Å². The highest BCUT2D eigenvalue weighted by molar-refractivity contribution is 6.35. The van der Waals surface area contributed by atoms with Crippen LogP contribution in [0.5, 0.6) is 0 Å². The van der Waals surface area contributed by atoms with Gasteiger partial charge in [-0.25, -0.2) is 15.0 Å². The minimum atomic E-state index is 0.517. The fourth-order valence-electron chi connectivity index (χ4n) is 7.36. The van der Waals surface area contributed by atoms with E-state index in [2.05, 4.69) is 95.6 Å². The Hall–Kier alpha value is -6.59. The molecular weight excluding hydrogens is 601 g/mol. The van der Waals surface area contributed by atoms with Crippen molar-refractivity contribution >= 4 is 54.5 Å². The van der Waals surface area contributed by atoms with Gasteiger partial charge in [0, 0.05) is 44.8 Å². The van der Waals surface area contributed by atoms with Crippen LogP contribution in [0.15, 0.2) is 162 Å². The Bertz CT molecular complexity index is 2790. The molecule has 0 aliphatic rings. The maximum atomic E-state index is 6.80. The Labute approximate surface area is 281 Å². The summed E-state index contributed by atoms with van der Waals surface area (Å²) in [5, 5.41) is 7.03. The molecule has 10 rings (SSSR count). The van der Waals surface area contributed by atoms with Gasteiger partial charge in [-0.1, -0.05) is 140 Å². The van der Waals surface area contributed by atoms with Crippen LogP contribution in [-0.2, 0) is 6.42 Å². The average molecular weight is 629 g/mol. The molecule has 0 fully saturated rings. The van der Waals surface area contributed by atoms with Gasteiger partial charge in [0.2, 0.25) is 0 Å². The van der Waals surface area contributed by atoms with Gasteiger partial charge in [-0.15, -0.1) is 0 Å². The Morgan fingerprint density at radius 1 is 0.469 bits per heavy atom. The molecular formula is C44H28N4O. The predicted molar refractivity (Wildman–Crippen MR) is 199 cm³/mol. The summed E-state index contributed by atoms with van der Waals surface area (Å²) in [6, 6.07) is 54.6. The third-order valence-corrected chi connectivity index (χ3v) is 9.48. The molecule has 3 heterocycles. The first kappa shape index (κ1) is 27.5. The maximum absolute atomic E-state index is 6.80. The highest BCUT2D eigenvalue weighted by Crippen LogP contribution is 2.45. The molecule has 0 aliphatic carbocycles. The van der Waals surface area contributed by atoms with Crippen molar-refractivity contribution < 1.29 is 4.42 Å². The van der Waals surface area contributed by atoms with E-state index in [9.17, 15) is 0 Å². The number of aromatic nitrogens is 4. The second-order valence-corrected chi connectivity index (χ2v) is 12.4. The van der Waals surface area contributed by atoms with Gasteiger partial charge in [-0.05, 0) is 34.5 Å². The molecule has 10 aromatic rings. The number of nitrogens with zero attached hydrogens (tertiary/aromatic N) is 4. The van der Waals surface area contributed by atoms with Crippen molar-refractivity contribution in [1.29, 1.82) is 0 Å². The molecule has 0 atom stereocenters. The quantitative estimate of drug-likeness (QED) is 0.190. The van der Waals surface area contributed by atoms with Gasteiger partial charge in [0.25, 0.3) is 0 Å². The number of fused-ring (bicyclic) bond motifs is 10. The van der Waals surface area contributed by atoms with Gasteiger partial charge in [0.1, 0.15) is 11.4 Å². The summed E-state index contributed by atoms with van der Waals surface area (Å²) in [7, 11) is 0. The highest BCUT2D eigenvalue weighted by Gasteiger charge is 2.24. The van der Waals surface area contributed by atoms with Gasteiger partial charge in [-0.2, -0.15) is 0 Å². The molecule has 0 saturated heterocycles. The van der Waals surface area contributed by atoms with Crippen LogP contribution in [-0.4, -0.2) is 19.5 Å². The largest absolute Gasteiger partial charge is 0.454 e. The van der Waals surface area contributed by atoms with Crippen LogP contribution in [0.2, 0.25) is 0 Å². The smallest absolute Gasteiger partial charge is 0.163 e. The van der Waals surface area contributed by atoms with E-state index < -0.39 is 0 Å². The Balaban J connectivity index is 1.25. The van der Waals surface area contributed by atoms with E-state index in [0.717, 1.165) is 55.3 Å². The lowest BCUT2D eigenvalue weighted by molar-refractivity contribution is 0.671. The number of para-hydroxylation sites is 3. The average Bonchev–Trinajstić information content (AvgIpc) is 3.73. The maximum Gasteiger partial charge on any atom is 0.163 e. The van der Waals surface area contributed by atoms with Gasteiger partial charge < -0.3 is 8.98 Å². The normalized spacial score (nSPS) is 11.8. The number of hydrogen-bond acceptors (Lipinski definition) is 4. The molecule has 7 aromatic carbocycles. The minimum absolute atomic E-state index is 0.517. The van der Waals surface area contributed by atoms with Crippen molar-refractivity contribution in [2.75, 3.05) is 0 Å². The van der Waals surface area contributed by atoms with Crippen LogP contribution in [0.4, 0.5) is 0 Å². The highest BCUT2D eigenvalue weighted by atomic mass is 16.3. The fourth-order valence-corrected chi connectivity index (χ4v) is 7.36. The van der Waals surface area contributed by atoms with Crippen LogP contribution in [0.25, 0.3) is 83.0 Å². The second kappa shape index (κ2) is 11.0. The lowest BCUT2D eigenvalue weighted by Gasteiger charge is -2.15. The summed E-state index contributed by atoms with van der Waals surface area (Å²) < 4.78 is 9.18. The molecule has 230 valence electrons. The monoisotopic (exact) mass is 628 g/mol. The third-order valence-electron chi connectivity index (χ3n) is 9.48. The van der Waals surface area contributed by atoms with Crippen molar-refractivity contribution in [3.63, 3.8) is 0 Å². The standard InChI is InChI=1S/C44H28N4O/c1-3-15-28(16-4-1)43-45-38(46-44(47-43)29-17-5-2-6-18-29)27-30-19-7-12-24-35(30)48-36-25-13-10-22-33(36)39-31-20-8-9-21-32(31)40-34-23-11-14-26-37(34)49-42(40)41(39)48/h1-26H,27H2. The van der Waals surface area contributed by atoms with Crippen LogP contribution >= 0.6 is 0 Å². The molecule has 0 bridgehead atoms.